The van der Waals surface area contributed by atoms with Crippen LogP contribution < -0.4 is 0 Å². The number of hydrogen-bond acceptors (Lipinski definition) is 4. The molecule has 0 aromatic rings. The molecule has 0 spiro atoms. The first-order valence-electron chi connectivity index (χ1n) is 4.78. The Morgan fingerprint density at radius 3 is 2.79 bits per heavy atom. The van der Waals surface area contributed by atoms with E-state index in [1.807, 2.05) is 6.07 Å². The standard InChI is InChI=1S/C9H15NO3S/c1-8-9(4-6-13-8)14(11,12)7-3-2-5-10/h8-9H,2-4,6-7H2,1H3/t8-,9+/m0/s1. The highest BCUT2D eigenvalue weighted by atomic mass is 32.2. The van der Waals surface area contributed by atoms with Crippen LogP contribution in [0.15, 0.2) is 0 Å². The molecule has 0 N–H and O–H groups in total. The van der Waals surface area contributed by atoms with Crippen LogP contribution in [0.5, 0.6) is 0 Å². The summed E-state index contributed by atoms with van der Waals surface area (Å²) in [5.41, 5.74) is 0. The van der Waals surface area contributed by atoms with Crippen LogP contribution >= 0.6 is 0 Å². The highest BCUT2D eigenvalue weighted by molar-refractivity contribution is 7.92. The number of rotatable bonds is 4. The molecule has 0 aliphatic carbocycles. The highest BCUT2D eigenvalue weighted by Crippen LogP contribution is 2.22. The zero-order chi connectivity index (χ0) is 10.6. The number of hydrogen-bond donors (Lipinski definition) is 0. The summed E-state index contributed by atoms with van der Waals surface area (Å²) in [4.78, 5) is 0. The van der Waals surface area contributed by atoms with Crippen LogP contribution in [0.2, 0.25) is 0 Å². The molecule has 14 heavy (non-hydrogen) atoms. The Morgan fingerprint density at radius 2 is 2.29 bits per heavy atom. The first-order chi connectivity index (χ1) is 6.58. The average Bonchev–Trinajstić information content (AvgIpc) is 2.52. The third-order valence-electron chi connectivity index (χ3n) is 2.49. The minimum absolute atomic E-state index is 0.110. The van der Waals surface area contributed by atoms with Crippen molar-refractivity contribution < 1.29 is 13.2 Å². The van der Waals surface area contributed by atoms with Crippen LogP contribution in [0.25, 0.3) is 0 Å². The van der Waals surface area contributed by atoms with Crippen molar-refractivity contribution in [3.8, 4) is 6.07 Å². The molecule has 1 fully saturated rings. The molecular weight excluding hydrogens is 202 g/mol. The van der Waals surface area contributed by atoms with Crippen molar-refractivity contribution in [2.75, 3.05) is 12.4 Å². The van der Waals surface area contributed by atoms with Crippen LogP contribution in [-0.4, -0.2) is 32.1 Å². The fourth-order valence-corrected chi connectivity index (χ4v) is 3.65. The van der Waals surface area contributed by atoms with E-state index in [4.69, 9.17) is 10.00 Å². The molecule has 0 amide bonds. The molecule has 1 saturated heterocycles. The van der Waals surface area contributed by atoms with Crippen LogP contribution in [0.1, 0.15) is 26.2 Å². The second-order valence-electron chi connectivity index (χ2n) is 3.53. The minimum atomic E-state index is -3.06. The minimum Gasteiger partial charge on any atom is -0.377 e. The van der Waals surface area contributed by atoms with Crippen molar-refractivity contribution in [3.05, 3.63) is 0 Å². The van der Waals surface area contributed by atoms with E-state index < -0.39 is 9.84 Å². The van der Waals surface area contributed by atoms with E-state index in [1.54, 1.807) is 6.92 Å². The lowest BCUT2D eigenvalue weighted by Crippen LogP contribution is -2.30. The maximum Gasteiger partial charge on any atom is 0.155 e. The van der Waals surface area contributed by atoms with Gasteiger partial charge >= 0.3 is 0 Å². The van der Waals surface area contributed by atoms with Gasteiger partial charge in [-0.1, -0.05) is 0 Å². The van der Waals surface area contributed by atoms with Crippen molar-refractivity contribution in [1.29, 1.82) is 5.26 Å². The molecule has 4 nitrogen and oxygen atoms in total. The Morgan fingerprint density at radius 1 is 1.57 bits per heavy atom. The predicted octanol–water partition coefficient (Wildman–Crippen LogP) is 0.882. The van der Waals surface area contributed by atoms with E-state index in [9.17, 15) is 8.42 Å². The normalized spacial score (nSPS) is 27.4. The lowest BCUT2D eigenvalue weighted by Gasteiger charge is -2.14. The Balaban J connectivity index is 2.53. The van der Waals surface area contributed by atoms with Crippen molar-refractivity contribution in [2.24, 2.45) is 0 Å². The Kier molecular flexibility index (Phi) is 3.90. The molecule has 1 heterocycles. The summed E-state index contributed by atoms with van der Waals surface area (Å²) in [6, 6.07) is 1.95. The van der Waals surface area contributed by atoms with Gasteiger partial charge in [0, 0.05) is 13.0 Å². The van der Waals surface area contributed by atoms with E-state index in [-0.39, 0.29) is 17.1 Å². The first kappa shape index (κ1) is 11.5. The van der Waals surface area contributed by atoms with E-state index in [0.717, 1.165) is 0 Å². The maximum atomic E-state index is 11.7. The largest absolute Gasteiger partial charge is 0.377 e. The Bertz CT molecular complexity index is 317. The molecule has 0 bridgehead atoms. The SMILES string of the molecule is C[C@@H]1OCC[C@H]1S(=O)(=O)CCCC#N. The summed E-state index contributed by atoms with van der Waals surface area (Å²) in [5.74, 6) is 0.110. The molecule has 1 rings (SSSR count). The molecule has 0 aromatic carbocycles. The van der Waals surface area contributed by atoms with E-state index in [1.165, 1.54) is 0 Å². The summed E-state index contributed by atoms with van der Waals surface area (Å²) in [7, 11) is -3.06. The fourth-order valence-electron chi connectivity index (χ4n) is 1.69. The smallest absolute Gasteiger partial charge is 0.155 e. The van der Waals surface area contributed by atoms with Crippen molar-refractivity contribution in [1.82, 2.24) is 0 Å². The fraction of sp³-hybridized carbons (Fsp3) is 0.889. The van der Waals surface area contributed by atoms with Crippen LogP contribution in [0.3, 0.4) is 0 Å². The summed E-state index contributed by atoms with van der Waals surface area (Å²) in [6.45, 7) is 2.32. The van der Waals surface area contributed by atoms with E-state index >= 15 is 0 Å². The summed E-state index contributed by atoms with van der Waals surface area (Å²) in [6.07, 6.45) is 1.14. The quantitative estimate of drug-likeness (QED) is 0.656. The lowest BCUT2D eigenvalue weighted by molar-refractivity contribution is 0.126. The molecule has 5 heteroatoms. The summed E-state index contributed by atoms with van der Waals surface area (Å²) >= 11 is 0. The van der Waals surface area contributed by atoms with Gasteiger partial charge in [0.25, 0.3) is 0 Å². The van der Waals surface area contributed by atoms with Gasteiger partial charge in [0.15, 0.2) is 9.84 Å². The predicted molar refractivity (Wildman–Crippen MR) is 52.5 cm³/mol. The van der Waals surface area contributed by atoms with Crippen molar-refractivity contribution in [3.63, 3.8) is 0 Å². The number of nitrogens with zero attached hydrogens (tertiary/aromatic N) is 1. The zero-order valence-corrected chi connectivity index (χ0v) is 9.09. The molecule has 1 aliphatic heterocycles. The van der Waals surface area contributed by atoms with Gasteiger partial charge in [0.05, 0.1) is 23.2 Å². The Hall–Kier alpha value is -0.600. The molecule has 1 aliphatic rings. The summed E-state index contributed by atoms with van der Waals surface area (Å²) in [5, 5.41) is 7.95. The van der Waals surface area contributed by atoms with Gasteiger partial charge in [-0.15, -0.1) is 0 Å². The van der Waals surface area contributed by atoms with Crippen LogP contribution in [0.4, 0.5) is 0 Å². The van der Waals surface area contributed by atoms with E-state index in [2.05, 4.69) is 0 Å². The third kappa shape index (κ3) is 2.69. The van der Waals surface area contributed by atoms with Gasteiger partial charge < -0.3 is 4.74 Å². The highest BCUT2D eigenvalue weighted by Gasteiger charge is 2.34. The number of sulfone groups is 1. The van der Waals surface area contributed by atoms with Gasteiger partial charge in [-0.3, -0.25) is 0 Å². The lowest BCUT2D eigenvalue weighted by atomic mass is 10.3. The van der Waals surface area contributed by atoms with Gasteiger partial charge in [-0.25, -0.2) is 8.42 Å². The number of nitriles is 1. The molecule has 2 atom stereocenters. The first-order valence-corrected chi connectivity index (χ1v) is 6.49. The molecule has 0 unspecified atom stereocenters. The zero-order valence-electron chi connectivity index (χ0n) is 8.27. The second kappa shape index (κ2) is 4.76. The van der Waals surface area contributed by atoms with Crippen LogP contribution in [-0.2, 0) is 14.6 Å². The Labute approximate surface area is 84.8 Å². The van der Waals surface area contributed by atoms with Crippen molar-refractivity contribution in [2.45, 2.75) is 37.5 Å². The number of unbranched alkanes of at least 4 members (excludes halogenated alkanes) is 1. The topological polar surface area (TPSA) is 67.2 Å². The van der Waals surface area contributed by atoms with Crippen LogP contribution in [0, 0.1) is 11.3 Å². The molecular formula is C9H15NO3S. The molecule has 0 saturated carbocycles. The maximum absolute atomic E-state index is 11.7. The third-order valence-corrected chi connectivity index (χ3v) is 4.88. The average molecular weight is 217 g/mol. The molecule has 0 radical (unpaired) electrons. The van der Waals surface area contributed by atoms with Gasteiger partial charge in [-0.05, 0) is 19.8 Å². The monoisotopic (exact) mass is 217 g/mol. The molecule has 0 aromatic heterocycles. The number of ether oxygens (including phenoxy) is 1. The second-order valence-corrected chi connectivity index (χ2v) is 5.87. The van der Waals surface area contributed by atoms with Crippen molar-refractivity contribution >= 4 is 9.84 Å². The van der Waals surface area contributed by atoms with E-state index in [0.29, 0.717) is 25.9 Å². The summed E-state index contributed by atoms with van der Waals surface area (Å²) < 4.78 is 28.7. The molecule has 80 valence electrons. The van der Waals surface area contributed by atoms with Gasteiger partial charge in [-0.2, -0.15) is 5.26 Å². The van der Waals surface area contributed by atoms with Gasteiger partial charge in [0.1, 0.15) is 0 Å². The van der Waals surface area contributed by atoms with Gasteiger partial charge in [0.2, 0.25) is 0 Å².